The van der Waals surface area contributed by atoms with Crippen LogP contribution in [0.15, 0.2) is 0 Å². The molecule has 0 aromatic rings. The van der Waals surface area contributed by atoms with Gasteiger partial charge in [-0.1, -0.05) is 20.3 Å². The first-order chi connectivity index (χ1) is 7.57. The molecule has 92 valence electrons. The molecule has 0 aliphatic carbocycles. The number of likely N-dealkylation sites (tertiary alicyclic amines) is 1. The van der Waals surface area contributed by atoms with Crippen molar-refractivity contribution in [2.75, 3.05) is 13.1 Å². The molecule has 2 N–H and O–H groups in total. The van der Waals surface area contributed by atoms with Gasteiger partial charge in [-0.05, 0) is 25.3 Å². The minimum Gasteiger partial charge on any atom is -0.330 e. The second kappa shape index (κ2) is 5.99. The van der Waals surface area contributed by atoms with Gasteiger partial charge in [0.25, 0.3) is 0 Å². The monoisotopic (exact) mass is 226 g/mol. The van der Waals surface area contributed by atoms with Gasteiger partial charge in [-0.3, -0.25) is 14.5 Å². The first kappa shape index (κ1) is 13.2. The van der Waals surface area contributed by atoms with Gasteiger partial charge < -0.3 is 5.73 Å². The zero-order valence-electron chi connectivity index (χ0n) is 10.2. The second-order valence-electron chi connectivity index (χ2n) is 4.79. The van der Waals surface area contributed by atoms with Crippen LogP contribution in [0.3, 0.4) is 0 Å². The van der Waals surface area contributed by atoms with Crippen molar-refractivity contribution in [2.45, 2.75) is 39.5 Å². The Morgan fingerprint density at radius 1 is 1.44 bits per heavy atom. The number of carbonyl (C=O) groups is 2. The Morgan fingerprint density at radius 2 is 2.12 bits per heavy atom. The van der Waals surface area contributed by atoms with Crippen LogP contribution in [-0.4, -0.2) is 29.8 Å². The lowest BCUT2D eigenvalue weighted by atomic mass is 9.87. The molecular formula is C12H22N2O2. The fourth-order valence-corrected chi connectivity index (χ4v) is 1.91. The fraction of sp³-hybridized carbons (Fsp3) is 0.833. The average molecular weight is 226 g/mol. The van der Waals surface area contributed by atoms with E-state index in [0.717, 1.165) is 19.3 Å². The highest BCUT2D eigenvalue weighted by molar-refractivity contribution is 6.00. The number of hydrogen-bond acceptors (Lipinski definition) is 3. The number of rotatable bonds is 6. The first-order valence-corrected chi connectivity index (χ1v) is 6.12. The topological polar surface area (TPSA) is 63.4 Å². The summed E-state index contributed by atoms with van der Waals surface area (Å²) in [5.74, 6) is 0.402. The molecule has 1 rings (SSSR count). The highest BCUT2D eigenvalue weighted by atomic mass is 16.2. The molecule has 0 radical (unpaired) electrons. The van der Waals surface area contributed by atoms with Gasteiger partial charge in [-0.15, -0.1) is 0 Å². The van der Waals surface area contributed by atoms with Crippen LogP contribution in [0.4, 0.5) is 0 Å². The summed E-state index contributed by atoms with van der Waals surface area (Å²) in [5, 5.41) is 0. The van der Waals surface area contributed by atoms with Crippen molar-refractivity contribution in [3.8, 4) is 0 Å². The van der Waals surface area contributed by atoms with E-state index in [0.29, 0.717) is 25.4 Å². The van der Waals surface area contributed by atoms with E-state index in [9.17, 15) is 9.59 Å². The quantitative estimate of drug-likeness (QED) is 0.546. The predicted octanol–water partition coefficient (Wildman–Crippen LogP) is 1.15. The van der Waals surface area contributed by atoms with Gasteiger partial charge in [-0.2, -0.15) is 0 Å². The fourth-order valence-electron chi connectivity index (χ4n) is 1.91. The molecule has 16 heavy (non-hydrogen) atoms. The molecule has 0 saturated carbocycles. The Morgan fingerprint density at radius 3 is 2.62 bits per heavy atom. The number of carbonyl (C=O) groups excluding carboxylic acids is 2. The highest BCUT2D eigenvalue weighted by Gasteiger charge is 2.41. The summed E-state index contributed by atoms with van der Waals surface area (Å²) >= 11 is 0. The normalized spacial score (nSPS) is 20.1. The lowest BCUT2D eigenvalue weighted by molar-refractivity contribution is -0.160. The van der Waals surface area contributed by atoms with E-state index in [-0.39, 0.29) is 17.7 Å². The zero-order valence-corrected chi connectivity index (χ0v) is 10.2. The van der Waals surface area contributed by atoms with Crippen molar-refractivity contribution >= 4 is 11.8 Å². The smallest absolute Gasteiger partial charge is 0.234 e. The molecule has 1 saturated heterocycles. The van der Waals surface area contributed by atoms with E-state index < -0.39 is 0 Å². The molecule has 0 bridgehead atoms. The minimum atomic E-state index is -0.0149. The third-order valence-electron chi connectivity index (χ3n) is 3.16. The molecular weight excluding hydrogens is 204 g/mol. The molecule has 1 aliphatic rings. The molecule has 0 spiro atoms. The SMILES string of the molecule is CC(C)C1CN(C(=O)CCCCCN)C1=O. The summed E-state index contributed by atoms with van der Waals surface area (Å²) in [7, 11) is 0. The minimum absolute atomic E-state index is 0.0128. The van der Waals surface area contributed by atoms with Crippen molar-refractivity contribution in [1.29, 1.82) is 0 Å². The Hall–Kier alpha value is -0.900. The van der Waals surface area contributed by atoms with E-state index in [2.05, 4.69) is 0 Å². The number of nitrogens with zero attached hydrogens (tertiary/aromatic N) is 1. The Kier molecular flexibility index (Phi) is 4.93. The Bertz CT molecular complexity index is 264. The first-order valence-electron chi connectivity index (χ1n) is 6.12. The zero-order chi connectivity index (χ0) is 12.1. The van der Waals surface area contributed by atoms with Crippen molar-refractivity contribution in [3.63, 3.8) is 0 Å². The van der Waals surface area contributed by atoms with Crippen LogP contribution in [0.2, 0.25) is 0 Å². The van der Waals surface area contributed by atoms with Crippen LogP contribution in [0.25, 0.3) is 0 Å². The molecule has 1 fully saturated rings. The predicted molar refractivity (Wildman–Crippen MR) is 62.6 cm³/mol. The van der Waals surface area contributed by atoms with Crippen molar-refractivity contribution in [1.82, 2.24) is 4.90 Å². The van der Waals surface area contributed by atoms with Crippen LogP contribution >= 0.6 is 0 Å². The number of amides is 2. The van der Waals surface area contributed by atoms with E-state index in [1.165, 1.54) is 4.90 Å². The maximum Gasteiger partial charge on any atom is 0.234 e. The second-order valence-corrected chi connectivity index (χ2v) is 4.79. The van der Waals surface area contributed by atoms with Gasteiger partial charge in [0.05, 0.1) is 5.92 Å². The molecule has 0 aromatic heterocycles. The third kappa shape index (κ3) is 3.04. The summed E-state index contributed by atoms with van der Waals surface area (Å²) in [5.41, 5.74) is 5.37. The Labute approximate surface area is 97.2 Å². The maximum absolute atomic E-state index is 11.6. The van der Waals surface area contributed by atoms with Gasteiger partial charge in [0, 0.05) is 13.0 Å². The van der Waals surface area contributed by atoms with Gasteiger partial charge in [-0.25, -0.2) is 0 Å². The molecule has 2 amide bonds. The molecule has 4 heteroatoms. The summed E-state index contributed by atoms with van der Waals surface area (Å²) < 4.78 is 0. The number of unbranched alkanes of at least 4 members (excludes halogenated alkanes) is 2. The summed E-state index contributed by atoms with van der Waals surface area (Å²) in [6.07, 6.45) is 3.25. The van der Waals surface area contributed by atoms with Crippen molar-refractivity contribution < 1.29 is 9.59 Å². The molecule has 1 heterocycles. The van der Waals surface area contributed by atoms with Gasteiger partial charge in [0.15, 0.2) is 0 Å². The lowest BCUT2D eigenvalue weighted by Gasteiger charge is -2.39. The van der Waals surface area contributed by atoms with Crippen LogP contribution in [0, 0.1) is 11.8 Å². The standard InChI is InChI=1S/C12H22N2O2/c1-9(2)10-8-14(12(10)16)11(15)6-4-3-5-7-13/h9-10H,3-8,13H2,1-2H3. The number of imide groups is 1. The van der Waals surface area contributed by atoms with E-state index in [4.69, 9.17) is 5.73 Å². The molecule has 1 aliphatic heterocycles. The summed E-state index contributed by atoms with van der Waals surface area (Å²) in [6, 6.07) is 0. The maximum atomic E-state index is 11.6. The molecule has 1 unspecified atom stereocenters. The van der Waals surface area contributed by atoms with E-state index >= 15 is 0 Å². The summed E-state index contributed by atoms with van der Waals surface area (Å²) in [6.45, 7) is 5.33. The van der Waals surface area contributed by atoms with Crippen molar-refractivity contribution in [2.24, 2.45) is 17.6 Å². The average Bonchev–Trinajstić information content (AvgIpc) is 2.22. The van der Waals surface area contributed by atoms with E-state index in [1.54, 1.807) is 0 Å². The molecule has 0 aromatic carbocycles. The van der Waals surface area contributed by atoms with Crippen LogP contribution in [-0.2, 0) is 9.59 Å². The number of nitrogens with two attached hydrogens (primary N) is 1. The van der Waals surface area contributed by atoms with Crippen LogP contribution in [0.5, 0.6) is 0 Å². The van der Waals surface area contributed by atoms with Crippen LogP contribution < -0.4 is 5.73 Å². The van der Waals surface area contributed by atoms with Gasteiger partial charge in [0.1, 0.15) is 0 Å². The third-order valence-corrected chi connectivity index (χ3v) is 3.16. The largest absolute Gasteiger partial charge is 0.330 e. The molecule has 1 atom stereocenters. The van der Waals surface area contributed by atoms with Gasteiger partial charge in [0.2, 0.25) is 11.8 Å². The van der Waals surface area contributed by atoms with Gasteiger partial charge >= 0.3 is 0 Å². The molecule has 4 nitrogen and oxygen atoms in total. The Balaban J connectivity index is 2.22. The van der Waals surface area contributed by atoms with E-state index in [1.807, 2.05) is 13.8 Å². The highest BCUT2D eigenvalue weighted by Crippen LogP contribution is 2.25. The summed E-state index contributed by atoms with van der Waals surface area (Å²) in [4.78, 5) is 24.7. The lowest BCUT2D eigenvalue weighted by Crippen LogP contribution is -2.56. The van der Waals surface area contributed by atoms with Crippen molar-refractivity contribution in [3.05, 3.63) is 0 Å². The number of hydrogen-bond donors (Lipinski definition) is 1. The van der Waals surface area contributed by atoms with Crippen LogP contribution in [0.1, 0.15) is 39.5 Å². The number of β-lactam (4-membered cyclic amide) rings is 1.